The Morgan fingerprint density at radius 1 is 1.19 bits per heavy atom. The van der Waals surface area contributed by atoms with Crippen LogP contribution in [0.15, 0.2) is 42.5 Å². The average molecular weight is 322 g/mol. The van der Waals surface area contributed by atoms with Gasteiger partial charge in [-0.15, -0.1) is 0 Å². The van der Waals surface area contributed by atoms with Crippen molar-refractivity contribution in [2.24, 2.45) is 0 Å². The van der Waals surface area contributed by atoms with E-state index in [0.717, 1.165) is 12.1 Å². The molecule has 0 fully saturated rings. The van der Waals surface area contributed by atoms with Crippen LogP contribution in [0.3, 0.4) is 0 Å². The zero-order valence-electron chi connectivity index (χ0n) is 11.2. The number of rotatable bonds is 3. The zero-order valence-corrected chi connectivity index (χ0v) is 12.7. The summed E-state index contributed by atoms with van der Waals surface area (Å²) in [5, 5.41) is 0.935. The summed E-state index contributed by atoms with van der Waals surface area (Å²) in [6.45, 7) is 0.644. The summed E-state index contributed by atoms with van der Waals surface area (Å²) >= 11 is 11.8. The number of benzene rings is 2. The lowest BCUT2D eigenvalue weighted by atomic mass is 10.2. The first kappa shape index (κ1) is 14.2. The Morgan fingerprint density at radius 2 is 2.00 bits per heavy atom. The molecule has 0 saturated heterocycles. The standard InChI is InChI=1S/C16H13Cl2NO2/c17-12-5-6-15(13(18)9-12)21-10-16(20)19-8-7-11-3-1-2-4-14(11)19/h1-6,9H,7-8,10H2. The van der Waals surface area contributed by atoms with Crippen LogP contribution < -0.4 is 9.64 Å². The van der Waals surface area contributed by atoms with E-state index < -0.39 is 0 Å². The minimum atomic E-state index is -0.0778. The van der Waals surface area contributed by atoms with Crippen molar-refractivity contribution in [1.29, 1.82) is 0 Å². The molecule has 0 aliphatic carbocycles. The maximum absolute atomic E-state index is 12.3. The van der Waals surface area contributed by atoms with Crippen molar-refractivity contribution in [1.82, 2.24) is 0 Å². The molecule has 0 radical (unpaired) electrons. The fraction of sp³-hybridized carbons (Fsp3) is 0.188. The van der Waals surface area contributed by atoms with Gasteiger partial charge in [-0.1, -0.05) is 41.4 Å². The van der Waals surface area contributed by atoms with Crippen molar-refractivity contribution in [3.8, 4) is 5.75 Å². The predicted molar refractivity (Wildman–Crippen MR) is 84.5 cm³/mol. The van der Waals surface area contributed by atoms with E-state index in [9.17, 15) is 4.79 Å². The zero-order chi connectivity index (χ0) is 14.8. The molecule has 108 valence electrons. The second-order valence-electron chi connectivity index (χ2n) is 4.79. The summed E-state index contributed by atoms with van der Waals surface area (Å²) in [6.07, 6.45) is 0.879. The molecule has 0 spiro atoms. The summed E-state index contributed by atoms with van der Waals surface area (Å²) in [5.74, 6) is 0.382. The molecule has 21 heavy (non-hydrogen) atoms. The molecule has 1 aliphatic rings. The Kier molecular flexibility index (Phi) is 4.04. The number of para-hydroxylation sites is 1. The molecule has 2 aromatic carbocycles. The monoisotopic (exact) mass is 321 g/mol. The molecule has 0 atom stereocenters. The molecule has 1 aliphatic heterocycles. The quantitative estimate of drug-likeness (QED) is 0.856. The summed E-state index contributed by atoms with van der Waals surface area (Å²) < 4.78 is 5.50. The number of ether oxygens (including phenoxy) is 1. The number of hydrogen-bond donors (Lipinski definition) is 0. The summed E-state index contributed by atoms with van der Waals surface area (Å²) in [7, 11) is 0. The minimum Gasteiger partial charge on any atom is -0.482 e. The van der Waals surface area contributed by atoms with Crippen molar-refractivity contribution in [2.75, 3.05) is 18.1 Å². The van der Waals surface area contributed by atoms with Gasteiger partial charge in [0, 0.05) is 17.3 Å². The van der Waals surface area contributed by atoms with E-state index in [1.807, 2.05) is 24.3 Å². The van der Waals surface area contributed by atoms with Gasteiger partial charge in [0.25, 0.3) is 5.91 Å². The Morgan fingerprint density at radius 3 is 2.81 bits per heavy atom. The van der Waals surface area contributed by atoms with Gasteiger partial charge < -0.3 is 9.64 Å². The minimum absolute atomic E-state index is 0.0459. The molecule has 3 rings (SSSR count). The van der Waals surface area contributed by atoms with Crippen LogP contribution in [-0.2, 0) is 11.2 Å². The Hall–Kier alpha value is -1.71. The van der Waals surface area contributed by atoms with E-state index in [2.05, 4.69) is 0 Å². The fourth-order valence-electron chi connectivity index (χ4n) is 2.41. The smallest absolute Gasteiger partial charge is 0.264 e. The highest BCUT2D eigenvalue weighted by Crippen LogP contribution is 2.29. The molecule has 5 heteroatoms. The van der Waals surface area contributed by atoms with E-state index in [4.69, 9.17) is 27.9 Å². The van der Waals surface area contributed by atoms with Crippen LogP contribution in [0.25, 0.3) is 0 Å². The lowest BCUT2D eigenvalue weighted by molar-refractivity contribution is -0.120. The summed E-state index contributed by atoms with van der Waals surface area (Å²) in [5.41, 5.74) is 2.16. The highest BCUT2D eigenvalue weighted by atomic mass is 35.5. The Bertz CT molecular complexity index is 688. The molecule has 0 aromatic heterocycles. The topological polar surface area (TPSA) is 29.5 Å². The van der Waals surface area contributed by atoms with E-state index in [1.54, 1.807) is 23.1 Å². The molecule has 0 unspecified atom stereocenters. The van der Waals surface area contributed by atoms with Gasteiger partial charge >= 0.3 is 0 Å². The van der Waals surface area contributed by atoms with Gasteiger partial charge in [-0.25, -0.2) is 0 Å². The second-order valence-corrected chi connectivity index (χ2v) is 5.63. The highest BCUT2D eigenvalue weighted by Gasteiger charge is 2.24. The van der Waals surface area contributed by atoms with E-state index in [1.165, 1.54) is 5.56 Å². The molecule has 1 heterocycles. The maximum atomic E-state index is 12.3. The third-order valence-corrected chi connectivity index (χ3v) is 3.96. The van der Waals surface area contributed by atoms with Crippen molar-refractivity contribution in [2.45, 2.75) is 6.42 Å². The second kappa shape index (κ2) is 5.96. The molecule has 0 N–H and O–H groups in total. The lowest BCUT2D eigenvalue weighted by Gasteiger charge is -2.17. The van der Waals surface area contributed by atoms with Crippen molar-refractivity contribution in [3.63, 3.8) is 0 Å². The normalized spacial score (nSPS) is 13.1. The molecule has 3 nitrogen and oxygen atoms in total. The molecular formula is C16H13Cl2NO2. The summed E-state index contributed by atoms with van der Waals surface area (Å²) in [6, 6.07) is 12.8. The van der Waals surface area contributed by atoms with Crippen LogP contribution in [0, 0.1) is 0 Å². The Labute approximate surface area is 133 Å². The number of nitrogens with zero attached hydrogens (tertiary/aromatic N) is 1. The van der Waals surface area contributed by atoms with Gasteiger partial charge in [-0.05, 0) is 36.2 Å². The molecule has 1 amide bonds. The molecule has 2 aromatic rings. The third-order valence-electron chi connectivity index (χ3n) is 3.43. The number of hydrogen-bond acceptors (Lipinski definition) is 2. The van der Waals surface area contributed by atoms with Crippen molar-refractivity contribution in [3.05, 3.63) is 58.1 Å². The van der Waals surface area contributed by atoms with Crippen LogP contribution in [-0.4, -0.2) is 19.1 Å². The van der Waals surface area contributed by atoms with Crippen molar-refractivity contribution >= 4 is 34.8 Å². The fourth-order valence-corrected chi connectivity index (χ4v) is 2.87. The Balaban J connectivity index is 1.68. The predicted octanol–water partition coefficient (Wildman–Crippen LogP) is 3.96. The van der Waals surface area contributed by atoms with Crippen LogP contribution in [0.4, 0.5) is 5.69 Å². The number of carbonyl (C=O) groups excluding carboxylic acids is 1. The maximum Gasteiger partial charge on any atom is 0.264 e. The number of halogens is 2. The van der Waals surface area contributed by atoms with Gasteiger partial charge in [0.15, 0.2) is 6.61 Å². The number of carbonyl (C=O) groups is 1. The molecule has 0 bridgehead atoms. The molecule has 0 saturated carbocycles. The summed E-state index contributed by atoms with van der Waals surface area (Å²) in [4.78, 5) is 14.0. The largest absolute Gasteiger partial charge is 0.482 e. The molecular weight excluding hydrogens is 309 g/mol. The van der Waals surface area contributed by atoms with Gasteiger partial charge in [0.05, 0.1) is 5.02 Å². The van der Waals surface area contributed by atoms with Crippen LogP contribution in [0.2, 0.25) is 10.0 Å². The average Bonchev–Trinajstić information content (AvgIpc) is 2.90. The van der Waals surface area contributed by atoms with Crippen LogP contribution >= 0.6 is 23.2 Å². The van der Waals surface area contributed by atoms with E-state index in [0.29, 0.717) is 22.3 Å². The van der Waals surface area contributed by atoms with Crippen molar-refractivity contribution < 1.29 is 9.53 Å². The van der Waals surface area contributed by atoms with Crippen LogP contribution in [0.5, 0.6) is 5.75 Å². The first-order chi connectivity index (χ1) is 10.1. The third kappa shape index (κ3) is 2.99. The lowest BCUT2D eigenvalue weighted by Crippen LogP contribution is -2.33. The van der Waals surface area contributed by atoms with E-state index in [-0.39, 0.29) is 12.5 Å². The number of anilines is 1. The van der Waals surface area contributed by atoms with Crippen LogP contribution in [0.1, 0.15) is 5.56 Å². The van der Waals surface area contributed by atoms with Gasteiger partial charge in [-0.2, -0.15) is 0 Å². The SMILES string of the molecule is O=C(COc1ccc(Cl)cc1Cl)N1CCc2ccccc21. The number of amides is 1. The number of fused-ring (bicyclic) bond motifs is 1. The van der Waals surface area contributed by atoms with Gasteiger partial charge in [0.2, 0.25) is 0 Å². The first-order valence-electron chi connectivity index (χ1n) is 6.61. The van der Waals surface area contributed by atoms with Gasteiger partial charge in [-0.3, -0.25) is 4.79 Å². The van der Waals surface area contributed by atoms with Gasteiger partial charge in [0.1, 0.15) is 5.75 Å². The first-order valence-corrected chi connectivity index (χ1v) is 7.37. The van der Waals surface area contributed by atoms with E-state index >= 15 is 0 Å². The highest BCUT2D eigenvalue weighted by molar-refractivity contribution is 6.35.